The van der Waals surface area contributed by atoms with Crippen LogP contribution in [0.1, 0.15) is 24.2 Å². The van der Waals surface area contributed by atoms with Crippen LogP contribution in [0.4, 0.5) is 17.1 Å². The Kier molecular flexibility index (Phi) is 5.43. The van der Waals surface area contributed by atoms with E-state index in [-0.39, 0.29) is 11.7 Å². The lowest BCUT2D eigenvalue weighted by atomic mass is 10.1. The first-order chi connectivity index (χ1) is 10.9. The Morgan fingerprint density at radius 3 is 1.96 bits per heavy atom. The summed E-state index contributed by atoms with van der Waals surface area (Å²) in [5.41, 5.74) is 2.88. The van der Waals surface area contributed by atoms with Gasteiger partial charge in [-0.25, -0.2) is 0 Å². The van der Waals surface area contributed by atoms with Gasteiger partial charge in [0, 0.05) is 29.5 Å². The van der Waals surface area contributed by atoms with Gasteiger partial charge in [0.2, 0.25) is 5.91 Å². The van der Waals surface area contributed by atoms with Gasteiger partial charge in [0.25, 0.3) is 0 Å². The number of thiocarbonyl (C=S) groups is 1. The summed E-state index contributed by atoms with van der Waals surface area (Å²) in [5, 5.41) is 9.21. The van der Waals surface area contributed by atoms with Crippen molar-refractivity contribution in [2.24, 2.45) is 0 Å². The summed E-state index contributed by atoms with van der Waals surface area (Å²) < 4.78 is 0. The highest BCUT2D eigenvalue weighted by atomic mass is 32.1. The minimum Gasteiger partial charge on any atom is -0.332 e. The van der Waals surface area contributed by atoms with Crippen molar-refractivity contribution >= 4 is 46.1 Å². The van der Waals surface area contributed by atoms with E-state index >= 15 is 0 Å². The number of amides is 1. The highest BCUT2D eigenvalue weighted by molar-refractivity contribution is 7.80. The Balaban J connectivity index is 1.99. The predicted molar refractivity (Wildman–Crippen MR) is 97.0 cm³/mol. The number of carbonyl (C=O) groups excluding carboxylic acids is 2. The standard InChI is InChI=1S/C17H17N3O2S/c1-11(21)13-6-8-14(9-7-13)19-17(23)20-16-5-3-4-15(10-16)18-12(2)22/h3-10H,1-2H3,(H,18,22)(H2,19,20,23). The Morgan fingerprint density at radius 2 is 1.39 bits per heavy atom. The van der Waals surface area contributed by atoms with Crippen molar-refractivity contribution in [3.05, 3.63) is 54.1 Å². The van der Waals surface area contributed by atoms with Crippen molar-refractivity contribution in [1.82, 2.24) is 0 Å². The van der Waals surface area contributed by atoms with E-state index in [0.29, 0.717) is 16.4 Å². The van der Waals surface area contributed by atoms with Crippen LogP contribution < -0.4 is 16.0 Å². The Bertz CT molecular complexity index is 742. The molecule has 1 amide bonds. The van der Waals surface area contributed by atoms with E-state index in [2.05, 4.69) is 16.0 Å². The Labute approximate surface area is 140 Å². The monoisotopic (exact) mass is 327 g/mol. The van der Waals surface area contributed by atoms with Crippen molar-refractivity contribution in [2.45, 2.75) is 13.8 Å². The fourth-order valence-corrected chi connectivity index (χ4v) is 2.20. The van der Waals surface area contributed by atoms with E-state index in [1.807, 2.05) is 12.1 Å². The van der Waals surface area contributed by atoms with Crippen molar-refractivity contribution in [3.8, 4) is 0 Å². The maximum atomic E-state index is 11.2. The largest absolute Gasteiger partial charge is 0.332 e. The molecule has 6 heteroatoms. The molecule has 0 aliphatic heterocycles. The van der Waals surface area contributed by atoms with Crippen molar-refractivity contribution in [3.63, 3.8) is 0 Å². The van der Waals surface area contributed by atoms with Crippen LogP contribution in [-0.2, 0) is 4.79 Å². The van der Waals surface area contributed by atoms with E-state index < -0.39 is 0 Å². The molecule has 23 heavy (non-hydrogen) atoms. The summed E-state index contributed by atoms with van der Waals surface area (Å²) in [5.74, 6) is -0.111. The topological polar surface area (TPSA) is 70.2 Å². The van der Waals surface area contributed by atoms with Gasteiger partial charge < -0.3 is 16.0 Å². The summed E-state index contributed by atoms with van der Waals surface area (Å²) in [6.07, 6.45) is 0. The summed E-state index contributed by atoms with van der Waals surface area (Å²) in [4.78, 5) is 22.3. The van der Waals surface area contributed by atoms with Crippen LogP contribution in [0, 0.1) is 0 Å². The first kappa shape index (κ1) is 16.6. The van der Waals surface area contributed by atoms with Gasteiger partial charge in [-0.15, -0.1) is 0 Å². The molecule has 0 spiro atoms. The highest BCUT2D eigenvalue weighted by Gasteiger charge is 2.03. The Morgan fingerprint density at radius 1 is 0.826 bits per heavy atom. The number of carbonyl (C=O) groups is 2. The lowest BCUT2D eigenvalue weighted by Crippen LogP contribution is -2.19. The zero-order valence-corrected chi connectivity index (χ0v) is 13.7. The summed E-state index contributed by atoms with van der Waals surface area (Å²) in [6, 6.07) is 14.3. The minimum absolute atomic E-state index is 0.0204. The highest BCUT2D eigenvalue weighted by Crippen LogP contribution is 2.16. The maximum Gasteiger partial charge on any atom is 0.221 e. The summed E-state index contributed by atoms with van der Waals surface area (Å²) in [6.45, 7) is 2.98. The average molecular weight is 327 g/mol. The van der Waals surface area contributed by atoms with Crippen molar-refractivity contribution in [1.29, 1.82) is 0 Å². The van der Waals surface area contributed by atoms with Gasteiger partial charge >= 0.3 is 0 Å². The molecule has 0 heterocycles. The van der Waals surface area contributed by atoms with Gasteiger partial charge in [-0.1, -0.05) is 6.07 Å². The van der Waals surface area contributed by atoms with E-state index in [4.69, 9.17) is 12.2 Å². The molecule has 118 valence electrons. The zero-order chi connectivity index (χ0) is 16.8. The molecule has 2 rings (SSSR count). The molecule has 0 saturated heterocycles. The predicted octanol–water partition coefficient (Wildman–Crippen LogP) is 3.66. The SMILES string of the molecule is CC(=O)Nc1cccc(NC(=S)Nc2ccc(C(C)=O)cc2)c1. The number of rotatable bonds is 4. The van der Waals surface area contributed by atoms with Gasteiger partial charge in [-0.05, 0) is 61.6 Å². The molecule has 0 radical (unpaired) electrons. The third-order valence-corrected chi connectivity index (χ3v) is 3.19. The van der Waals surface area contributed by atoms with E-state index in [9.17, 15) is 9.59 Å². The molecule has 0 aliphatic carbocycles. The molecular weight excluding hydrogens is 310 g/mol. The first-order valence-electron chi connectivity index (χ1n) is 7.01. The van der Waals surface area contributed by atoms with Gasteiger partial charge in [-0.3, -0.25) is 9.59 Å². The van der Waals surface area contributed by atoms with Crippen LogP contribution in [0.3, 0.4) is 0 Å². The smallest absolute Gasteiger partial charge is 0.221 e. The Hall–Kier alpha value is -2.73. The van der Waals surface area contributed by atoms with E-state index in [1.54, 1.807) is 36.4 Å². The molecule has 2 aromatic carbocycles. The number of hydrogen-bond donors (Lipinski definition) is 3. The van der Waals surface area contributed by atoms with E-state index in [1.165, 1.54) is 13.8 Å². The van der Waals surface area contributed by atoms with Gasteiger partial charge in [0.1, 0.15) is 0 Å². The maximum absolute atomic E-state index is 11.2. The molecule has 0 fully saturated rings. The third kappa shape index (κ3) is 5.19. The van der Waals surface area contributed by atoms with Crippen LogP contribution in [-0.4, -0.2) is 16.8 Å². The normalized spacial score (nSPS) is 9.83. The van der Waals surface area contributed by atoms with Crippen molar-refractivity contribution in [2.75, 3.05) is 16.0 Å². The second-order valence-corrected chi connectivity index (χ2v) is 5.38. The van der Waals surface area contributed by atoms with Crippen LogP contribution in [0.25, 0.3) is 0 Å². The van der Waals surface area contributed by atoms with E-state index in [0.717, 1.165) is 11.4 Å². The number of benzene rings is 2. The third-order valence-electron chi connectivity index (χ3n) is 2.99. The molecule has 0 aromatic heterocycles. The molecule has 0 saturated carbocycles. The lowest BCUT2D eigenvalue weighted by molar-refractivity contribution is -0.114. The molecule has 0 unspecified atom stereocenters. The van der Waals surface area contributed by atoms with Crippen LogP contribution in [0.15, 0.2) is 48.5 Å². The summed E-state index contributed by atoms with van der Waals surface area (Å²) in [7, 11) is 0. The molecule has 5 nitrogen and oxygen atoms in total. The molecule has 3 N–H and O–H groups in total. The average Bonchev–Trinajstić information content (AvgIpc) is 2.47. The number of ketones is 1. The first-order valence-corrected chi connectivity index (χ1v) is 7.41. The molecule has 0 aliphatic rings. The number of hydrogen-bond acceptors (Lipinski definition) is 3. The fourth-order valence-electron chi connectivity index (χ4n) is 1.96. The van der Waals surface area contributed by atoms with Crippen molar-refractivity contribution < 1.29 is 9.59 Å². The van der Waals surface area contributed by atoms with Gasteiger partial charge in [-0.2, -0.15) is 0 Å². The van der Waals surface area contributed by atoms with Crippen LogP contribution in [0.2, 0.25) is 0 Å². The summed E-state index contributed by atoms with van der Waals surface area (Å²) >= 11 is 5.26. The number of anilines is 3. The molecule has 0 bridgehead atoms. The van der Waals surface area contributed by atoms with Gasteiger partial charge in [0.05, 0.1) is 0 Å². The molecular formula is C17H17N3O2S. The second kappa shape index (κ2) is 7.51. The fraction of sp³-hybridized carbons (Fsp3) is 0.118. The lowest BCUT2D eigenvalue weighted by Gasteiger charge is -2.12. The quantitative estimate of drug-likeness (QED) is 0.590. The second-order valence-electron chi connectivity index (χ2n) is 4.97. The van der Waals surface area contributed by atoms with Crippen LogP contribution in [0.5, 0.6) is 0 Å². The molecule has 0 atom stereocenters. The number of nitrogens with one attached hydrogen (secondary N) is 3. The van der Waals surface area contributed by atoms with Crippen LogP contribution >= 0.6 is 12.2 Å². The van der Waals surface area contributed by atoms with Gasteiger partial charge in [0.15, 0.2) is 10.9 Å². The molecule has 2 aromatic rings. The number of Topliss-reactive ketones (excluding diaryl/α,β-unsaturated/α-hetero) is 1. The zero-order valence-electron chi connectivity index (χ0n) is 12.8. The minimum atomic E-state index is -0.131.